The van der Waals surface area contributed by atoms with Gasteiger partial charge in [-0.15, -0.1) is 0 Å². The van der Waals surface area contributed by atoms with E-state index < -0.39 is 7.57 Å². The van der Waals surface area contributed by atoms with E-state index in [1.54, 1.807) is 0 Å². The zero-order chi connectivity index (χ0) is 20.0. The first-order valence-corrected chi connectivity index (χ1v) is 11.1. The number of hydrogen-bond acceptors (Lipinski definition) is 3. The monoisotopic (exact) mass is 394 g/mol. The maximum atomic E-state index is 6.50. The van der Waals surface area contributed by atoms with Gasteiger partial charge >= 0.3 is 7.57 Å². The van der Waals surface area contributed by atoms with Gasteiger partial charge in [-0.3, -0.25) is 0 Å². The number of hydrogen-bond donors (Lipinski definition) is 0. The van der Waals surface area contributed by atoms with Crippen LogP contribution in [0.5, 0.6) is 17.2 Å². The summed E-state index contributed by atoms with van der Waals surface area (Å²) in [5, 5.41) is 0. The molecule has 0 aliphatic carbocycles. The molecule has 0 bridgehead atoms. The second kappa shape index (κ2) is 9.03. The van der Waals surface area contributed by atoms with E-state index in [9.17, 15) is 0 Å². The van der Waals surface area contributed by atoms with E-state index in [1.165, 1.54) is 0 Å². The molecule has 0 spiro atoms. The Bertz CT molecular complexity index is 872. The SMILES string of the molecule is CCC=P(Oc1ccccc1C)(Oc1ccccc1C)Oc1ccccc1C. The van der Waals surface area contributed by atoms with Gasteiger partial charge < -0.3 is 13.6 Å². The first kappa shape index (κ1) is 20.1. The number of aryl methyl sites for hydroxylation is 3. The Balaban J connectivity index is 2.09. The molecule has 3 nitrogen and oxygen atoms in total. The first-order valence-electron chi connectivity index (χ1n) is 9.52. The molecule has 0 fully saturated rings. The van der Waals surface area contributed by atoms with Crippen LogP contribution in [0.4, 0.5) is 0 Å². The van der Waals surface area contributed by atoms with Gasteiger partial charge in [0.1, 0.15) is 17.2 Å². The van der Waals surface area contributed by atoms with Crippen LogP contribution in [0, 0.1) is 20.8 Å². The summed E-state index contributed by atoms with van der Waals surface area (Å²) in [5.41, 5.74) is 3.12. The van der Waals surface area contributed by atoms with E-state index in [4.69, 9.17) is 13.6 Å². The minimum atomic E-state index is -2.87. The summed E-state index contributed by atoms with van der Waals surface area (Å²) in [6.45, 7) is 8.14. The molecule has 0 aliphatic rings. The van der Waals surface area contributed by atoms with Crippen molar-refractivity contribution < 1.29 is 13.6 Å². The summed E-state index contributed by atoms with van der Waals surface area (Å²) in [6.07, 6.45) is 0.761. The van der Waals surface area contributed by atoms with Crippen LogP contribution in [0.25, 0.3) is 0 Å². The third kappa shape index (κ3) is 4.79. The van der Waals surface area contributed by atoms with Crippen molar-refractivity contribution >= 4 is 13.4 Å². The molecule has 0 aliphatic heterocycles. The molecule has 0 aromatic heterocycles. The molecule has 0 N–H and O–H groups in total. The third-order valence-electron chi connectivity index (χ3n) is 4.36. The van der Waals surface area contributed by atoms with Crippen LogP contribution in [0.3, 0.4) is 0 Å². The van der Waals surface area contributed by atoms with E-state index in [-0.39, 0.29) is 0 Å². The Kier molecular flexibility index (Phi) is 6.49. The zero-order valence-corrected chi connectivity index (χ0v) is 17.8. The minimum absolute atomic E-state index is 0.761. The van der Waals surface area contributed by atoms with Crippen LogP contribution < -0.4 is 13.6 Å². The maximum Gasteiger partial charge on any atom is 0.413 e. The van der Waals surface area contributed by atoms with Gasteiger partial charge in [0, 0.05) is 5.80 Å². The molecular formula is C24H27O3P. The molecule has 0 saturated heterocycles. The van der Waals surface area contributed by atoms with Gasteiger partial charge in [-0.2, -0.15) is 0 Å². The Hall–Kier alpha value is -2.64. The highest BCUT2D eigenvalue weighted by atomic mass is 31.2. The molecule has 4 heteroatoms. The van der Waals surface area contributed by atoms with Crippen molar-refractivity contribution in [2.45, 2.75) is 34.1 Å². The second-order valence-corrected chi connectivity index (χ2v) is 8.69. The quantitative estimate of drug-likeness (QED) is 0.399. The fourth-order valence-electron chi connectivity index (χ4n) is 2.78. The number of rotatable bonds is 7. The Labute approximate surface area is 168 Å². The van der Waals surface area contributed by atoms with Crippen molar-refractivity contribution in [1.82, 2.24) is 0 Å². The van der Waals surface area contributed by atoms with Gasteiger partial charge in [0.2, 0.25) is 0 Å². The van der Waals surface area contributed by atoms with Crippen LogP contribution in [-0.4, -0.2) is 5.80 Å². The predicted molar refractivity (Wildman–Crippen MR) is 119 cm³/mol. The van der Waals surface area contributed by atoms with E-state index in [1.807, 2.05) is 99.4 Å². The van der Waals surface area contributed by atoms with Crippen molar-refractivity contribution in [2.24, 2.45) is 0 Å². The molecule has 3 aromatic rings. The molecular weight excluding hydrogens is 367 g/mol. The number of para-hydroxylation sites is 3. The standard InChI is InChI=1S/C24H27O3P/c1-5-18-28(25-22-15-9-6-12-19(22)2,26-23-16-10-7-13-20(23)3)27-24-17-11-8-14-21(24)4/h6-18H,5H2,1-4H3. The largest absolute Gasteiger partial charge is 0.415 e. The minimum Gasteiger partial charge on any atom is -0.415 e. The van der Waals surface area contributed by atoms with Crippen molar-refractivity contribution in [2.75, 3.05) is 0 Å². The van der Waals surface area contributed by atoms with Gasteiger partial charge in [-0.05, 0) is 62.1 Å². The molecule has 0 saturated carbocycles. The fraction of sp³-hybridized carbons (Fsp3) is 0.208. The van der Waals surface area contributed by atoms with E-state index in [2.05, 4.69) is 6.92 Å². The fourth-order valence-corrected chi connectivity index (χ4v) is 5.00. The summed E-state index contributed by atoms with van der Waals surface area (Å²) >= 11 is 0. The van der Waals surface area contributed by atoms with Crippen LogP contribution in [0.15, 0.2) is 72.8 Å². The zero-order valence-electron chi connectivity index (χ0n) is 16.9. The Morgan fingerprint density at radius 1 is 0.607 bits per heavy atom. The van der Waals surface area contributed by atoms with E-state index in [0.717, 1.165) is 40.4 Å². The second-order valence-electron chi connectivity index (χ2n) is 6.70. The van der Waals surface area contributed by atoms with Crippen molar-refractivity contribution in [3.05, 3.63) is 89.5 Å². The Morgan fingerprint density at radius 2 is 0.929 bits per heavy atom. The van der Waals surface area contributed by atoms with Crippen LogP contribution in [0.1, 0.15) is 30.0 Å². The summed E-state index contributed by atoms with van der Waals surface area (Å²) in [7, 11) is -2.87. The number of benzene rings is 3. The van der Waals surface area contributed by atoms with Crippen molar-refractivity contribution in [1.29, 1.82) is 0 Å². The third-order valence-corrected chi connectivity index (χ3v) is 6.53. The van der Waals surface area contributed by atoms with Crippen LogP contribution in [-0.2, 0) is 0 Å². The van der Waals surface area contributed by atoms with Gasteiger partial charge in [0.15, 0.2) is 0 Å². The molecule has 146 valence electrons. The Morgan fingerprint density at radius 3 is 1.21 bits per heavy atom. The van der Waals surface area contributed by atoms with E-state index >= 15 is 0 Å². The molecule has 0 radical (unpaired) electrons. The first-order chi connectivity index (χ1) is 13.5. The highest BCUT2D eigenvalue weighted by Gasteiger charge is 2.28. The molecule has 0 amide bonds. The smallest absolute Gasteiger partial charge is 0.413 e. The maximum absolute atomic E-state index is 6.50. The molecule has 0 unspecified atom stereocenters. The summed E-state index contributed by atoms with van der Waals surface area (Å²) < 4.78 is 19.5. The lowest BCUT2D eigenvalue weighted by Crippen LogP contribution is -2.12. The molecule has 0 atom stereocenters. The molecule has 28 heavy (non-hydrogen) atoms. The average molecular weight is 394 g/mol. The topological polar surface area (TPSA) is 27.7 Å². The molecule has 0 heterocycles. The summed E-state index contributed by atoms with van der Waals surface area (Å²) in [4.78, 5) is 0. The molecule has 3 rings (SSSR count). The van der Waals surface area contributed by atoms with Crippen molar-refractivity contribution in [3.8, 4) is 17.2 Å². The summed E-state index contributed by atoms with van der Waals surface area (Å²) in [6, 6.07) is 23.8. The van der Waals surface area contributed by atoms with Crippen LogP contribution in [0.2, 0.25) is 0 Å². The van der Waals surface area contributed by atoms with Gasteiger partial charge in [0.25, 0.3) is 0 Å². The highest BCUT2D eigenvalue weighted by Crippen LogP contribution is 2.52. The van der Waals surface area contributed by atoms with Crippen molar-refractivity contribution in [3.63, 3.8) is 0 Å². The highest BCUT2D eigenvalue weighted by molar-refractivity contribution is 7.62. The van der Waals surface area contributed by atoms with E-state index in [0.29, 0.717) is 0 Å². The van der Waals surface area contributed by atoms with Crippen LogP contribution >= 0.6 is 7.57 Å². The normalized spacial score (nSPS) is 11.0. The predicted octanol–water partition coefficient (Wildman–Crippen LogP) is 7.12. The molecule has 3 aromatic carbocycles. The lowest BCUT2D eigenvalue weighted by molar-refractivity contribution is 0.377. The van der Waals surface area contributed by atoms with Gasteiger partial charge in [-0.1, -0.05) is 61.5 Å². The average Bonchev–Trinajstić information content (AvgIpc) is 2.68. The summed E-state index contributed by atoms with van der Waals surface area (Å²) in [5.74, 6) is 4.33. The lowest BCUT2D eigenvalue weighted by Gasteiger charge is -2.28. The van der Waals surface area contributed by atoms with Gasteiger partial charge in [0.05, 0.1) is 0 Å². The lowest BCUT2D eigenvalue weighted by atomic mass is 10.2. The van der Waals surface area contributed by atoms with Gasteiger partial charge in [-0.25, -0.2) is 0 Å².